The van der Waals surface area contributed by atoms with Crippen molar-refractivity contribution in [3.8, 4) is 0 Å². The van der Waals surface area contributed by atoms with E-state index in [9.17, 15) is 4.79 Å². The zero-order valence-corrected chi connectivity index (χ0v) is 12.3. The summed E-state index contributed by atoms with van der Waals surface area (Å²) in [5.74, 6) is 2.28. The van der Waals surface area contributed by atoms with Crippen molar-refractivity contribution >= 4 is 28.7 Å². The molecule has 2 N–H and O–H groups in total. The minimum Gasteiger partial charge on any atom is -0.384 e. The van der Waals surface area contributed by atoms with E-state index in [1.807, 2.05) is 24.3 Å². The summed E-state index contributed by atoms with van der Waals surface area (Å²) >= 11 is 1.58. The summed E-state index contributed by atoms with van der Waals surface area (Å²) in [7, 11) is 1.66. The van der Waals surface area contributed by atoms with Gasteiger partial charge in [0, 0.05) is 25.8 Å². The van der Waals surface area contributed by atoms with Crippen LogP contribution in [-0.2, 0) is 16.0 Å². The highest BCUT2D eigenvalue weighted by Gasteiger charge is 2.04. The van der Waals surface area contributed by atoms with Crippen molar-refractivity contribution in [1.29, 1.82) is 0 Å². The second-order valence-electron chi connectivity index (χ2n) is 4.35. The molecule has 0 bridgehead atoms. The Morgan fingerprint density at radius 3 is 3.10 bits per heavy atom. The lowest BCUT2D eigenvalue weighted by Gasteiger charge is -2.03. The Labute approximate surface area is 122 Å². The first kappa shape index (κ1) is 14.9. The summed E-state index contributed by atoms with van der Waals surface area (Å²) in [4.78, 5) is 19.3. The number of rotatable bonds is 8. The molecule has 0 atom stereocenters. The molecule has 5 nitrogen and oxygen atoms in total. The van der Waals surface area contributed by atoms with Crippen molar-refractivity contribution in [3.05, 3.63) is 30.1 Å². The molecule has 2 aromatic rings. The van der Waals surface area contributed by atoms with E-state index < -0.39 is 0 Å². The molecule has 1 heterocycles. The highest BCUT2D eigenvalue weighted by molar-refractivity contribution is 7.99. The van der Waals surface area contributed by atoms with Gasteiger partial charge in [-0.1, -0.05) is 12.1 Å². The number of carbonyl (C=O) groups excluding carboxylic acids is 1. The smallest absolute Gasteiger partial charge is 0.230 e. The Kier molecular flexibility index (Phi) is 5.88. The van der Waals surface area contributed by atoms with Gasteiger partial charge >= 0.3 is 0 Å². The number of imidazole rings is 1. The van der Waals surface area contributed by atoms with Crippen molar-refractivity contribution < 1.29 is 9.53 Å². The predicted octanol–water partition coefficient (Wildman–Crippen LogP) is 1.60. The van der Waals surface area contributed by atoms with E-state index in [1.165, 1.54) is 0 Å². The second-order valence-corrected chi connectivity index (χ2v) is 5.45. The fraction of sp³-hybridized carbons (Fsp3) is 0.429. The third-order valence-electron chi connectivity index (χ3n) is 2.79. The van der Waals surface area contributed by atoms with Crippen LogP contribution in [0, 0.1) is 0 Å². The number of nitrogens with one attached hydrogen (secondary N) is 2. The highest BCUT2D eigenvalue weighted by atomic mass is 32.2. The first-order valence-corrected chi connectivity index (χ1v) is 7.72. The average Bonchev–Trinajstić information content (AvgIpc) is 2.86. The normalized spacial score (nSPS) is 10.8. The molecule has 0 fully saturated rings. The number of ether oxygens (including phenoxy) is 1. The molecule has 0 spiro atoms. The zero-order chi connectivity index (χ0) is 14.2. The maximum atomic E-state index is 11.6. The van der Waals surface area contributed by atoms with E-state index in [-0.39, 0.29) is 5.91 Å². The van der Waals surface area contributed by atoms with Gasteiger partial charge in [0.1, 0.15) is 5.82 Å². The number of fused-ring (bicyclic) bond motifs is 1. The van der Waals surface area contributed by atoms with Gasteiger partial charge in [-0.2, -0.15) is 0 Å². The van der Waals surface area contributed by atoms with Gasteiger partial charge in [-0.25, -0.2) is 4.98 Å². The van der Waals surface area contributed by atoms with E-state index in [1.54, 1.807) is 18.9 Å². The molecular formula is C14H19N3O2S. The van der Waals surface area contributed by atoms with Crippen molar-refractivity contribution in [2.45, 2.75) is 6.42 Å². The van der Waals surface area contributed by atoms with Crippen LogP contribution in [0.2, 0.25) is 0 Å². The molecule has 6 heteroatoms. The van der Waals surface area contributed by atoms with Gasteiger partial charge in [-0.05, 0) is 12.1 Å². The molecule has 0 aliphatic carbocycles. The monoisotopic (exact) mass is 293 g/mol. The molecule has 1 amide bonds. The quantitative estimate of drug-likeness (QED) is 0.726. The minimum atomic E-state index is 0.0576. The van der Waals surface area contributed by atoms with E-state index in [4.69, 9.17) is 4.74 Å². The van der Waals surface area contributed by atoms with Crippen LogP contribution in [0.3, 0.4) is 0 Å². The van der Waals surface area contributed by atoms with Gasteiger partial charge < -0.3 is 15.0 Å². The van der Waals surface area contributed by atoms with Crippen molar-refractivity contribution in [3.63, 3.8) is 0 Å². The lowest BCUT2D eigenvalue weighted by Crippen LogP contribution is -2.27. The van der Waals surface area contributed by atoms with Crippen LogP contribution in [0.4, 0.5) is 0 Å². The molecule has 0 unspecified atom stereocenters. The van der Waals surface area contributed by atoms with Crippen LogP contribution in [0.1, 0.15) is 5.82 Å². The first-order valence-electron chi connectivity index (χ1n) is 6.56. The summed E-state index contributed by atoms with van der Waals surface area (Å²) < 4.78 is 4.93. The number of methoxy groups -OCH3 is 1. The van der Waals surface area contributed by atoms with E-state index in [0.29, 0.717) is 25.3 Å². The summed E-state index contributed by atoms with van der Waals surface area (Å²) in [6.07, 6.45) is 0.711. The predicted molar refractivity (Wildman–Crippen MR) is 82.0 cm³/mol. The number of para-hydroxylation sites is 2. The number of carbonyl (C=O) groups is 1. The molecule has 0 aliphatic heterocycles. The van der Waals surface area contributed by atoms with Gasteiger partial charge in [-0.3, -0.25) is 4.79 Å². The molecular weight excluding hydrogens is 274 g/mol. The van der Waals surface area contributed by atoms with Crippen LogP contribution >= 0.6 is 11.8 Å². The Bertz CT molecular complexity index is 523. The lowest BCUT2D eigenvalue weighted by atomic mass is 10.3. The third-order valence-corrected chi connectivity index (χ3v) is 3.71. The van der Waals surface area contributed by atoms with Crippen LogP contribution in [0.15, 0.2) is 24.3 Å². The maximum absolute atomic E-state index is 11.6. The van der Waals surface area contributed by atoms with E-state index in [0.717, 1.165) is 22.6 Å². The zero-order valence-electron chi connectivity index (χ0n) is 11.5. The Morgan fingerprint density at radius 2 is 2.30 bits per heavy atom. The Balaban J connectivity index is 1.68. The van der Waals surface area contributed by atoms with Crippen LogP contribution in [-0.4, -0.2) is 47.6 Å². The number of H-pyrrole nitrogens is 1. The number of thioether (sulfide) groups is 1. The van der Waals surface area contributed by atoms with Crippen molar-refractivity contribution in [2.24, 2.45) is 0 Å². The highest BCUT2D eigenvalue weighted by Crippen LogP contribution is 2.10. The van der Waals surface area contributed by atoms with E-state index >= 15 is 0 Å². The summed E-state index contributed by atoms with van der Waals surface area (Å²) in [5.41, 5.74) is 1.99. The number of hydrogen-bond acceptors (Lipinski definition) is 4. The van der Waals surface area contributed by atoms with Crippen molar-refractivity contribution in [2.75, 3.05) is 31.8 Å². The number of benzene rings is 1. The molecule has 0 aliphatic rings. The standard InChI is InChI=1S/C14H19N3O2S/c1-19-8-9-20-10-14(18)15-7-6-13-16-11-4-2-3-5-12(11)17-13/h2-5H,6-10H2,1H3,(H,15,18)(H,16,17). The second kappa shape index (κ2) is 7.91. The fourth-order valence-electron chi connectivity index (χ4n) is 1.80. The number of aromatic nitrogens is 2. The fourth-order valence-corrected chi connectivity index (χ4v) is 2.52. The number of amides is 1. The first-order chi connectivity index (χ1) is 9.79. The molecule has 1 aromatic heterocycles. The molecule has 108 valence electrons. The third kappa shape index (κ3) is 4.54. The van der Waals surface area contributed by atoms with Gasteiger partial charge in [0.2, 0.25) is 5.91 Å². The van der Waals surface area contributed by atoms with Gasteiger partial charge in [-0.15, -0.1) is 11.8 Å². The average molecular weight is 293 g/mol. The lowest BCUT2D eigenvalue weighted by molar-refractivity contribution is -0.118. The summed E-state index contributed by atoms with van der Waals surface area (Å²) in [6, 6.07) is 7.91. The van der Waals surface area contributed by atoms with Gasteiger partial charge in [0.25, 0.3) is 0 Å². The molecule has 20 heavy (non-hydrogen) atoms. The minimum absolute atomic E-state index is 0.0576. The van der Waals surface area contributed by atoms with Crippen LogP contribution in [0.25, 0.3) is 11.0 Å². The molecule has 0 saturated heterocycles. The van der Waals surface area contributed by atoms with Crippen LogP contribution in [0.5, 0.6) is 0 Å². The van der Waals surface area contributed by atoms with Crippen LogP contribution < -0.4 is 5.32 Å². The number of nitrogens with zero attached hydrogens (tertiary/aromatic N) is 1. The van der Waals surface area contributed by atoms with Crippen molar-refractivity contribution in [1.82, 2.24) is 15.3 Å². The largest absolute Gasteiger partial charge is 0.384 e. The van der Waals surface area contributed by atoms with Gasteiger partial charge in [0.05, 0.1) is 23.4 Å². The van der Waals surface area contributed by atoms with Gasteiger partial charge in [0.15, 0.2) is 0 Å². The molecule has 0 saturated carbocycles. The summed E-state index contributed by atoms with van der Waals surface area (Å²) in [5, 5.41) is 2.89. The van der Waals surface area contributed by atoms with E-state index in [2.05, 4.69) is 15.3 Å². The number of hydrogen-bond donors (Lipinski definition) is 2. The Hall–Kier alpha value is -1.53. The molecule has 1 aromatic carbocycles. The Morgan fingerprint density at radius 1 is 1.45 bits per heavy atom. The number of aromatic amines is 1. The molecule has 0 radical (unpaired) electrons. The SMILES string of the molecule is COCCSCC(=O)NCCc1nc2ccccc2[nH]1. The topological polar surface area (TPSA) is 67.0 Å². The summed E-state index contributed by atoms with van der Waals surface area (Å²) in [6.45, 7) is 1.28. The molecule has 2 rings (SSSR count). The maximum Gasteiger partial charge on any atom is 0.230 e.